The number of aryl methyl sites for hydroxylation is 1. The first-order valence-electron chi connectivity index (χ1n) is 4.12. The van der Waals surface area contributed by atoms with E-state index in [9.17, 15) is 0 Å². The zero-order valence-electron chi connectivity index (χ0n) is 7.56. The maximum Gasteiger partial charge on any atom is 0.113 e. The average molecular weight is 202 g/mol. The lowest BCUT2D eigenvalue weighted by Gasteiger charge is -2.12. The quantitative estimate of drug-likeness (QED) is 0.728. The van der Waals surface area contributed by atoms with E-state index in [0.29, 0.717) is 13.2 Å². The van der Waals surface area contributed by atoms with Crippen molar-refractivity contribution in [1.82, 2.24) is 4.98 Å². The summed E-state index contributed by atoms with van der Waals surface area (Å²) in [6.45, 7) is 2.65. The molecule has 0 saturated carbocycles. The van der Waals surface area contributed by atoms with E-state index in [2.05, 4.69) is 4.98 Å². The highest BCUT2D eigenvalue weighted by atomic mass is 32.1. The Balaban J connectivity index is 2.56. The minimum atomic E-state index is -0.183. The number of hydrogen-bond acceptors (Lipinski definition) is 5. The monoisotopic (exact) mass is 202 g/mol. The van der Waals surface area contributed by atoms with Gasteiger partial charge in [-0.25, -0.2) is 4.98 Å². The van der Waals surface area contributed by atoms with Gasteiger partial charge in [0.25, 0.3) is 0 Å². The fraction of sp³-hybridized carbons (Fsp3) is 0.625. The van der Waals surface area contributed by atoms with Gasteiger partial charge in [0.15, 0.2) is 0 Å². The predicted octanol–water partition coefficient (Wildman–Crippen LogP) is 0.460. The van der Waals surface area contributed by atoms with Crippen LogP contribution in [0.15, 0.2) is 5.38 Å². The van der Waals surface area contributed by atoms with Gasteiger partial charge >= 0.3 is 0 Å². The molecule has 1 unspecified atom stereocenters. The van der Waals surface area contributed by atoms with Crippen LogP contribution in [-0.2, 0) is 4.74 Å². The lowest BCUT2D eigenvalue weighted by Crippen LogP contribution is -2.17. The molecular weight excluding hydrogens is 188 g/mol. The fourth-order valence-corrected chi connectivity index (χ4v) is 1.65. The Kier molecular flexibility index (Phi) is 4.31. The van der Waals surface area contributed by atoms with Crippen LogP contribution in [0.2, 0.25) is 0 Å². The number of aliphatic hydroxyl groups is 1. The van der Waals surface area contributed by atoms with Gasteiger partial charge in [0.2, 0.25) is 0 Å². The number of rotatable bonds is 5. The van der Waals surface area contributed by atoms with Crippen molar-refractivity contribution in [3.8, 4) is 0 Å². The van der Waals surface area contributed by atoms with Gasteiger partial charge in [-0.05, 0) is 6.92 Å². The molecule has 1 aromatic rings. The van der Waals surface area contributed by atoms with E-state index in [1.165, 1.54) is 0 Å². The molecule has 5 heteroatoms. The van der Waals surface area contributed by atoms with Gasteiger partial charge in [0.05, 0.1) is 23.9 Å². The number of nitrogens with zero attached hydrogens (tertiary/aromatic N) is 1. The molecule has 13 heavy (non-hydrogen) atoms. The molecule has 74 valence electrons. The molecule has 1 rings (SSSR count). The normalized spacial score (nSPS) is 13.2. The Morgan fingerprint density at radius 3 is 3.00 bits per heavy atom. The van der Waals surface area contributed by atoms with Crippen LogP contribution in [0.5, 0.6) is 0 Å². The Morgan fingerprint density at radius 1 is 1.77 bits per heavy atom. The molecule has 0 aromatic carbocycles. The molecule has 1 atom stereocenters. The molecule has 0 bridgehead atoms. The molecule has 0 saturated heterocycles. The van der Waals surface area contributed by atoms with Gasteiger partial charge < -0.3 is 15.6 Å². The second-order valence-electron chi connectivity index (χ2n) is 2.61. The molecule has 0 fully saturated rings. The van der Waals surface area contributed by atoms with Crippen molar-refractivity contribution in [3.63, 3.8) is 0 Å². The van der Waals surface area contributed by atoms with E-state index in [4.69, 9.17) is 15.6 Å². The van der Waals surface area contributed by atoms with Gasteiger partial charge in [-0.15, -0.1) is 11.3 Å². The number of nitrogens with two attached hydrogens (primary N) is 1. The largest absolute Gasteiger partial charge is 0.394 e. The van der Waals surface area contributed by atoms with Crippen molar-refractivity contribution in [2.24, 2.45) is 5.73 Å². The van der Waals surface area contributed by atoms with Crippen molar-refractivity contribution in [1.29, 1.82) is 0 Å². The Morgan fingerprint density at radius 2 is 2.54 bits per heavy atom. The summed E-state index contributed by atoms with van der Waals surface area (Å²) in [6.07, 6.45) is -0.183. The van der Waals surface area contributed by atoms with E-state index in [0.717, 1.165) is 10.7 Å². The van der Waals surface area contributed by atoms with E-state index in [1.54, 1.807) is 11.3 Å². The highest BCUT2D eigenvalue weighted by Gasteiger charge is 2.12. The molecule has 0 aliphatic rings. The molecule has 1 heterocycles. The van der Waals surface area contributed by atoms with Crippen LogP contribution in [0.4, 0.5) is 0 Å². The summed E-state index contributed by atoms with van der Waals surface area (Å²) in [5.41, 5.74) is 6.37. The van der Waals surface area contributed by atoms with Crippen molar-refractivity contribution < 1.29 is 9.84 Å². The number of aliphatic hydroxyl groups excluding tert-OH is 1. The molecule has 0 spiro atoms. The van der Waals surface area contributed by atoms with Crippen LogP contribution in [0.3, 0.4) is 0 Å². The summed E-state index contributed by atoms with van der Waals surface area (Å²) in [4.78, 5) is 4.27. The molecule has 1 aromatic heterocycles. The summed E-state index contributed by atoms with van der Waals surface area (Å²) in [5, 5.41) is 11.5. The SMILES string of the molecule is Cc1nc(C(CN)OCCO)cs1. The summed E-state index contributed by atoms with van der Waals surface area (Å²) < 4.78 is 5.31. The first kappa shape index (κ1) is 10.6. The second-order valence-corrected chi connectivity index (χ2v) is 3.67. The van der Waals surface area contributed by atoms with E-state index in [-0.39, 0.29) is 12.7 Å². The Bertz CT molecular complexity index is 252. The third-order valence-corrected chi connectivity index (χ3v) is 2.38. The number of ether oxygens (including phenoxy) is 1. The second kappa shape index (κ2) is 5.29. The first-order chi connectivity index (χ1) is 6.27. The van der Waals surface area contributed by atoms with Gasteiger partial charge in [0, 0.05) is 11.9 Å². The van der Waals surface area contributed by atoms with Crippen LogP contribution in [-0.4, -0.2) is 29.8 Å². The van der Waals surface area contributed by atoms with E-state index < -0.39 is 0 Å². The van der Waals surface area contributed by atoms with Crippen LogP contribution < -0.4 is 5.73 Å². The van der Waals surface area contributed by atoms with Crippen molar-refractivity contribution >= 4 is 11.3 Å². The maximum absolute atomic E-state index is 8.58. The average Bonchev–Trinajstić information content (AvgIpc) is 2.54. The highest BCUT2D eigenvalue weighted by molar-refractivity contribution is 7.09. The predicted molar refractivity (Wildman–Crippen MR) is 51.7 cm³/mol. The van der Waals surface area contributed by atoms with Crippen LogP contribution in [0.1, 0.15) is 16.8 Å². The standard InChI is InChI=1S/C8H14N2O2S/c1-6-10-7(5-13-6)8(4-9)12-3-2-11/h5,8,11H,2-4,9H2,1H3. The van der Waals surface area contributed by atoms with Gasteiger partial charge in [0.1, 0.15) is 6.10 Å². The minimum Gasteiger partial charge on any atom is -0.394 e. The summed E-state index contributed by atoms with van der Waals surface area (Å²) >= 11 is 1.57. The van der Waals surface area contributed by atoms with Crippen molar-refractivity contribution in [2.75, 3.05) is 19.8 Å². The third kappa shape index (κ3) is 3.04. The first-order valence-corrected chi connectivity index (χ1v) is 5.00. The molecule has 0 radical (unpaired) electrons. The number of hydrogen-bond donors (Lipinski definition) is 2. The summed E-state index contributed by atoms with van der Waals surface area (Å²) in [6, 6.07) is 0. The Labute approximate surface area is 81.4 Å². The maximum atomic E-state index is 8.58. The molecule has 0 aliphatic carbocycles. The molecule has 0 aliphatic heterocycles. The smallest absolute Gasteiger partial charge is 0.113 e. The van der Waals surface area contributed by atoms with Crippen LogP contribution in [0.25, 0.3) is 0 Å². The third-order valence-electron chi connectivity index (χ3n) is 1.59. The molecule has 4 nitrogen and oxygen atoms in total. The zero-order chi connectivity index (χ0) is 9.68. The summed E-state index contributed by atoms with van der Waals surface area (Å²) in [5.74, 6) is 0. The highest BCUT2D eigenvalue weighted by Crippen LogP contribution is 2.18. The number of aromatic nitrogens is 1. The van der Waals surface area contributed by atoms with Crippen molar-refractivity contribution in [2.45, 2.75) is 13.0 Å². The van der Waals surface area contributed by atoms with Gasteiger partial charge in [-0.1, -0.05) is 0 Å². The lowest BCUT2D eigenvalue weighted by molar-refractivity contribution is 0.0308. The number of thiazole rings is 1. The molecule has 0 amide bonds. The lowest BCUT2D eigenvalue weighted by atomic mass is 10.3. The van der Waals surface area contributed by atoms with E-state index in [1.807, 2.05) is 12.3 Å². The van der Waals surface area contributed by atoms with Crippen LogP contribution in [0, 0.1) is 6.92 Å². The zero-order valence-corrected chi connectivity index (χ0v) is 8.38. The van der Waals surface area contributed by atoms with Crippen molar-refractivity contribution in [3.05, 3.63) is 16.1 Å². The Hall–Kier alpha value is -0.490. The summed E-state index contributed by atoms with van der Waals surface area (Å²) in [7, 11) is 0. The van der Waals surface area contributed by atoms with E-state index >= 15 is 0 Å². The molecular formula is C8H14N2O2S. The fourth-order valence-electron chi connectivity index (χ4n) is 0.997. The van der Waals surface area contributed by atoms with Crippen LogP contribution >= 0.6 is 11.3 Å². The minimum absolute atomic E-state index is 0.0135. The van der Waals surface area contributed by atoms with Gasteiger partial charge in [-0.2, -0.15) is 0 Å². The van der Waals surface area contributed by atoms with Gasteiger partial charge in [-0.3, -0.25) is 0 Å². The topological polar surface area (TPSA) is 68.4 Å². The molecule has 3 N–H and O–H groups in total.